The summed E-state index contributed by atoms with van der Waals surface area (Å²) in [6.45, 7) is -0.109. The van der Waals surface area contributed by atoms with E-state index in [0.717, 1.165) is 17.3 Å². The molecule has 1 saturated carbocycles. The average molecular weight is 415 g/mol. The highest BCUT2D eigenvalue weighted by Gasteiger charge is 2.41. The second kappa shape index (κ2) is 6.84. The number of carbonyl (C=O) groups is 2. The molecule has 0 aromatic heterocycles. The minimum Gasteiger partial charge on any atom is -0.343 e. The van der Waals surface area contributed by atoms with Gasteiger partial charge in [0.2, 0.25) is 5.91 Å². The molecule has 1 aliphatic heterocycles. The molecule has 1 saturated heterocycles. The zero-order valence-corrected chi connectivity index (χ0v) is 15.5. The van der Waals surface area contributed by atoms with E-state index in [-0.39, 0.29) is 41.9 Å². The van der Waals surface area contributed by atoms with Crippen LogP contribution in [-0.4, -0.2) is 55.3 Å². The molecule has 0 radical (unpaired) electrons. The van der Waals surface area contributed by atoms with Crippen molar-refractivity contribution in [3.8, 4) is 0 Å². The third kappa shape index (κ3) is 4.16. The van der Waals surface area contributed by atoms with E-state index in [2.05, 4.69) is 21.2 Å². The second-order valence-electron chi connectivity index (χ2n) is 6.28. The predicted octanol–water partition coefficient (Wildman–Crippen LogP) is 1.36. The van der Waals surface area contributed by atoms with Crippen LogP contribution in [-0.2, 0) is 14.6 Å². The number of amides is 2. The van der Waals surface area contributed by atoms with Crippen LogP contribution in [0.2, 0.25) is 0 Å². The van der Waals surface area contributed by atoms with Crippen LogP contribution in [0.25, 0.3) is 0 Å². The van der Waals surface area contributed by atoms with Gasteiger partial charge in [0.1, 0.15) is 0 Å². The number of nitrogens with zero attached hydrogens (tertiary/aromatic N) is 1. The SMILES string of the molecule is O=C(NCC(=O)N(C1CC1)C1CCS(=O)(=O)C1)c1ccc(Br)cc1. The molecule has 1 aromatic carbocycles. The molecule has 1 atom stereocenters. The van der Waals surface area contributed by atoms with Crippen LogP contribution in [0.1, 0.15) is 29.6 Å². The number of hydrogen-bond acceptors (Lipinski definition) is 4. The quantitative estimate of drug-likeness (QED) is 0.787. The largest absolute Gasteiger partial charge is 0.343 e. The summed E-state index contributed by atoms with van der Waals surface area (Å²) in [6, 6.07) is 6.74. The Labute approximate surface area is 149 Å². The molecule has 1 N–H and O–H groups in total. The first-order valence-electron chi connectivity index (χ1n) is 7.91. The molecule has 2 fully saturated rings. The predicted molar refractivity (Wildman–Crippen MR) is 93.4 cm³/mol. The Morgan fingerprint density at radius 1 is 1.12 bits per heavy atom. The molecular weight excluding hydrogens is 396 g/mol. The number of benzene rings is 1. The van der Waals surface area contributed by atoms with Gasteiger partial charge in [0.15, 0.2) is 9.84 Å². The molecule has 1 aromatic rings. The molecule has 0 spiro atoms. The lowest BCUT2D eigenvalue weighted by Gasteiger charge is -2.28. The van der Waals surface area contributed by atoms with Gasteiger partial charge >= 0.3 is 0 Å². The summed E-state index contributed by atoms with van der Waals surface area (Å²) in [4.78, 5) is 26.3. The molecule has 2 aliphatic rings. The average Bonchev–Trinajstić information content (AvgIpc) is 3.29. The van der Waals surface area contributed by atoms with Gasteiger partial charge in [-0.1, -0.05) is 15.9 Å². The van der Waals surface area contributed by atoms with Crippen LogP contribution in [0.4, 0.5) is 0 Å². The molecule has 8 heteroatoms. The lowest BCUT2D eigenvalue weighted by molar-refractivity contribution is -0.132. The number of nitrogens with one attached hydrogen (secondary N) is 1. The van der Waals surface area contributed by atoms with Crippen molar-refractivity contribution < 1.29 is 18.0 Å². The fourth-order valence-corrected chi connectivity index (χ4v) is 4.98. The van der Waals surface area contributed by atoms with Gasteiger partial charge in [-0.15, -0.1) is 0 Å². The van der Waals surface area contributed by atoms with Crippen molar-refractivity contribution in [2.45, 2.75) is 31.3 Å². The molecule has 1 heterocycles. The van der Waals surface area contributed by atoms with Crippen LogP contribution in [0.15, 0.2) is 28.7 Å². The van der Waals surface area contributed by atoms with Crippen molar-refractivity contribution in [2.24, 2.45) is 0 Å². The Morgan fingerprint density at radius 2 is 1.79 bits per heavy atom. The zero-order valence-electron chi connectivity index (χ0n) is 13.1. The Morgan fingerprint density at radius 3 is 2.33 bits per heavy atom. The highest BCUT2D eigenvalue weighted by molar-refractivity contribution is 9.10. The van der Waals surface area contributed by atoms with Crippen molar-refractivity contribution in [1.29, 1.82) is 0 Å². The van der Waals surface area contributed by atoms with Crippen LogP contribution >= 0.6 is 15.9 Å². The fourth-order valence-electron chi connectivity index (χ4n) is 3.00. The number of hydrogen-bond donors (Lipinski definition) is 1. The molecule has 0 bridgehead atoms. The van der Waals surface area contributed by atoms with Crippen molar-refractivity contribution in [1.82, 2.24) is 10.2 Å². The second-order valence-corrected chi connectivity index (χ2v) is 9.42. The van der Waals surface area contributed by atoms with Crippen molar-refractivity contribution in [3.05, 3.63) is 34.3 Å². The van der Waals surface area contributed by atoms with E-state index in [4.69, 9.17) is 0 Å². The van der Waals surface area contributed by atoms with Gasteiger partial charge in [0.05, 0.1) is 18.1 Å². The summed E-state index contributed by atoms with van der Waals surface area (Å²) in [5.41, 5.74) is 0.479. The molecule has 3 rings (SSSR count). The third-order valence-corrected chi connectivity index (χ3v) is 6.62. The van der Waals surface area contributed by atoms with E-state index in [1.807, 2.05) is 0 Å². The van der Waals surface area contributed by atoms with E-state index in [1.54, 1.807) is 29.2 Å². The Bertz CT molecular complexity index is 744. The van der Waals surface area contributed by atoms with Gasteiger partial charge in [0.25, 0.3) is 5.91 Å². The summed E-state index contributed by atoms with van der Waals surface area (Å²) >= 11 is 3.30. The van der Waals surface area contributed by atoms with Crippen LogP contribution in [0.3, 0.4) is 0 Å². The first-order valence-corrected chi connectivity index (χ1v) is 10.5. The maximum Gasteiger partial charge on any atom is 0.251 e. The van der Waals surface area contributed by atoms with Gasteiger partial charge in [-0.3, -0.25) is 9.59 Å². The molecular formula is C16H19BrN2O4S. The van der Waals surface area contributed by atoms with Gasteiger partial charge in [-0.25, -0.2) is 8.42 Å². The van der Waals surface area contributed by atoms with E-state index in [9.17, 15) is 18.0 Å². The Hall–Kier alpha value is -1.41. The summed E-state index contributed by atoms with van der Waals surface area (Å²) < 4.78 is 24.2. The van der Waals surface area contributed by atoms with Crippen LogP contribution in [0, 0.1) is 0 Å². The lowest BCUT2D eigenvalue weighted by atomic mass is 10.2. The first kappa shape index (κ1) is 17.4. The Balaban J connectivity index is 1.60. The summed E-state index contributed by atoms with van der Waals surface area (Å²) in [7, 11) is -3.04. The van der Waals surface area contributed by atoms with E-state index >= 15 is 0 Å². The van der Waals surface area contributed by atoms with Crippen LogP contribution < -0.4 is 5.32 Å². The number of halogens is 1. The molecule has 6 nitrogen and oxygen atoms in total. The molecule has 1 aliphatic carbocycles. The molecule has 24 heavy (non-hydrogen) atoms. The molecule has 130 valence electrons. The van der Waals surface area contributed by atoms with E-state index in [0.29, 0.717) is 12.0 Å². The standard InChI is InChI=1S/C16H19BrN2O4S/c17-12-3-1-11(2-4-12)16(21)18-9-15(20)19(13-5-6-13)14-7-8-24(22,23)10-14/h1-4,13-14H,5-10H2,(H,18,21). The van der Waals surface area contributed by atoms with Crippen LogP contribution in [0.5, 0.6) is 0 Å². The normalized spacial score (nSPS) is 22.1. The highest BCUT2D eigenvalue weighted by atomic mass is 79.9. The summed E-state index contributed by atoms with van der Waals surface area (Å²) in [6.07, 6.45) is 2.30. The monoisotopic (exact) mass is 414 g/mol. The third-order valence-electron chi connectivity index (χ3n) is 4.34. The number of sulfone groups is 1. The van der Waals surface area contributed by atoms with Gasteiger partial charge in [-0.05, 0) is 43.5 Å². The highest BCUT2D eigenvalue weighted by Crippen LogP contribution is 2.32. The molecule has 1 unspecified atom stereocenters. The van der Waals surface area contributed by atoms with Gasteiger partial charge < -0.3 is 10.2 Å². The van der Waals surface area contributed by atoms with E-state index in [1.165, 1.54) is 0 Å². The van der Waals surface area contributed by atoms with Crippen molar-refractivity contribution in [2.75, 3.05) is 18.1 Å². The first-order chi connectivity index (χ1) is 11.4. The Kier molecular flexibility index (Phi) is 4.96. The smallest absolute Gasteiger partial charge is 0.251 e. The topological polar surface area (TPSA) is 83.6 Å². The molecule has 2 amide bonds. The zero-order chi connectivity index (χ0) is 17.3. The summed E-state index contributed by atoms with van der Waals surface area (Å²) in [5, 5.41) is 2.63. The van der Waals surface area contributed by atoms with E-state index < -0.39 is 9.84 Å². The number of rotatable bonds is 5. The summed E-state index contributed by atoms with van der Waals surface area (Å²) in [5.74, 6) is -0.342. The minimum atomic E-state index is -3.04. The maximum atomic E-state index is 12.5. The number of carbonyl (C=O) groups excluding carboxylic acids is 2. The lowest BCUT2D eigenvalue weighted by Crippen LogP contribution is -2.47. The van der Waals surface area contributed by atoms with Crippen molar-refractivity contribution in [3.63, 3.8) is 0 Å². The van der Waals surface area contributed by atoms with Crippen molar-refractivity contribution >= 4 is 37.6 Å². The minimum absolute atomic E-state index is 0.0376. The van der Waals surface area contributed by atoms with Gasteiger partial charge in [-0.2, -0.15) is 0 Å². The fraction of sp³-hybridized carbons (Fsp3) is 0.500. The van der Waals surface area contributed by atoms with Gasteiger partial charge in [0, 0.05) is 22.1 Å². The maximum absolute atomic E-state index is 12.5.